The van der Waals surface area contributed by atoms with E-state index in [4.69, 9.17) is 4.74 Å². The molecule has 1 atom stereocenters. The summed E-state index contributed by atoms with van der Waals surface area (Å²) in [5.41, 5.74) is 0.607. The molecule has 196 valence electrons. The quantitative estimate of drug-likeness (QED) is 0.530. The molecule has 4 rings (SSSR count). The van der Waals surface area contributed by atoms with Crippen LogP contribution in [0, 0.1) is 0 Å². The number of fused-ring (bicyclic) bond motifs is 1. The number of carbonyl (C=O) groups excluding carboxylic acids is 2. The van der Waals surface area contributed by atoms with Crippen molar-refractivity contribution in [3.63, 3.8) is 0 Å². The molecule has 0 radical (unpaired) electrons. The molecule has 1 saturated heterocycles. The Hall–Kier alpha value is -2.65. The van der Waals surface area contributed by atoms with Gasteiger partial charge < -0.3 is 15.0 Å². The minimum Gasteiger partial charge on any atom is -0.444 e. The average molecular weight is 516 g/mol. The molecule has 9 heteroatoms. The number of nitrogens with one attached hydrogen (secondary N) is 1. The number of ether oxygens (including phenoxy) is 1. The van der Waals surface area contributed by atoms with E-state index in [0.29, 0.717) is 37.2 Å². The Bertz CT molecular complexity index is 1120. The molecule has 0 spiro atoms. The van der Waals surface area contributed by atoms with E-state index in [2.05, 4.69) is 5.32 Å². The summed E-state index contributed by atoms with van der Waals surface area (Å²) in [7, 11) is 0. The van der Waals surface area contributed by atoms with Crippen LogP contribution >= 0.6 is 0 Å². The first-order valence-corrected chi connectivity index (χ1v) is 13.9. The summed E-state index contributed by atoms with van der Waals surface area (Å²) in [5, 5.41) is 4.69. The minimum absolute atomic E-state index is 0.105. The zero-order chi connectivity index (χ0) is 25.9. The highest BCUT2D eigenvalue weighted by molar-refractivity contribution is 7.80. The van der Waals surface area contributed by atoms with Gasteiger partial charge in [0.25, 0.3) is 17.2 Å². The van der Waals surface area contributed by atoms with Gasteiger partial charge in [0.05, 0.1) is 5.69 Å². The number of likely N-dealkylation sites (tertiary alicyclic amines) is 1. The fourth-order valence-corrected chi connectivity index (χ4v) is 5.99. The molecule has 2 aromatic carbocycles. The molecule has 2 aromatic rings. The third-order valence-corrected chi connectivity index (χ3v) is 7.77. The molecular formula is C27H37N3O5S. The number of nitrogens with zero attached hydrogens (tertiary/aromatic N) is 2. The van der Waals surface area contributed by atoms with E-state index in [1.807, 2.05) is 45.0 Å². The van der Waals surface area contributed by atoms with Gasteiger partial charge in [0.15, 0.2) is 0 Å². The molecule has 2 N–H and O–H groups in total. The van der Waals surface area contributed by atoms with Crippen molar-refractivity contribution in [3.05, 3.63) is 42.0 Å². The van der Waals surface area contributed by atoms with Crippen LogP contribution in [-0.4, -0.2) is 56.4 Å². The number of hydrogen-bond donors (Lipinski definition) is 2. The molecule has 2 aliphatic rings. The van der Waals surface area contributed by atoms with Gasteiger partial charge in [-0.3, -0.25) is 13.7 Å². The Morgan fingerprint density at radius 2 is 1.64 bits per heavy atom. The van der Waals surface area contributed by atoms with Crippen LogP contribution in [0.15, 0.2) is 36.4 Å². The van der Waals surface area contributed by atoms with Gasteiger partial charge in [-0.25, -0.2) is 9.00 Å². The number of hydrogen-bond acceptors (Lipinski definition) is 4. The van der Waals surface area contributed by atoms with Crippen LogP contribution in [0.5, 0.6) is 0 Å². The summed E-state index contributed by atoms with van der Waals surface area (Å²) in [6, 6.07) is 11.0. The van der Waals surface area contributed by atoms with Gasteiger partial charge in [-0.2, -0.15) is 0 Å². The van der Waals surface area contributed by atoms with Crippen LogP contribution in [0.3, 0.4) is 0 Å². The van der Waals surface area contributed by atoms with E-state index in [-0.39, 0.29) is 24.1 Å². The maximum Gasteiger partial charge on any atom is 0.410 e. The maximum atomic E-state index is 13.2. The second kappa shape index (κ2) is 11.2. The highest BCUT2D eigenvalue weighted by Crippen LogP contribution is 2.34. The maximum absolute atomic E-state index is 13.2. The number of anilines is 1. The SMILES string of the molecule is CC(C)(C)OC(=O)N1CCC(N(c2ccc(C(=O)NC3CCCCC3)c3ccccc23)S(=O)O)CC1. The summed E-state index contributed by atoms with van der Waals surface area (Å²) in [6.07, 6.45) is 6.18. The molecule has 1 heterocycles. The molecule has 1 aliphatic heterocycles. The van der Waals surface area contributed by atoms with Crippen molar-refractivity contribution in [3.8, 4) is 0 Å². The fraction of sp³-hybridized carbons (Fsp3) is 0.556. The molecule has 36 heavy (non-hydrogen) atoms. The second-order valence-electron chi connectivity index (χ2n) is 10.7. The first-order chi connectivity index (χ1) is 17.1. The highest BCUT2D eigenvalue weighted by Gasteiger charge is 2.33. The van der Waals surface area contributed by atoms with Crippen molar-refractivity contribution in [2.75, 3.05) is 17.4 Å². The summed E-state index contributed by atoms with van der Waals surface area (Å²) in [4.78, 5) is 27.3. The van der Waals surface area contributed by atoms with Crippen molar-refractivity contribution < 1.29 is 23.1 Å². The van der Waals surface area contributed by atoms with Gasteiger partial charge in [0.2, 0.25) is 0 Å². The Balaban J connectivity index is 1.56. The highest BCUT2D eigenvalue weighted by atomic mass is 32.2. The molecule has 1 unspecified atom stereocenters. The fourth-order valence-electron chi connectivity index (χ4n) is 5.20. The number of amides is 2. The predicted octanol–water partition coefficient (Wildman–Crippen LogP) is 5.24. The summed E-state index contributed by atoms with van der Waals surface area (Å²) in [5.74, 6) is -0.105. The molecule has 2 fully saturated rings. The molecule has 1 aliphatic carbocycles. The first-order valence-electron chi connectivity index (χ1n) is 12.8. The van der Waals surface area contributed by atoms with E-state index in [1.54, 1.807) is 17.0 Å². The van der Waals surface area contributed by atoms with Crippen LogP contribution in [0.2, 0.25) is 0 Å². The third-order valence-electron chi connectivity index (χ3n) is 6.94. The number of benzene rings is 2. The molecule has 8 nitrogen and oxygen atoms in total. The van der Waals surface area contributed by atoms with Crippen LogP contribution in [0.4, 0.5) is 10.5 Å². The lowest BCUT2D eigenvalue weighted by molar-refractivity contribution is 0.0207. The van der Waals surface area contributed by atoms with Crippen molar-refractivity contribution in [2.45, 2.75) is 83.4 Å². The predicted molar refractivity (Wildman–Crippen MR) is 142 cm³/mol. The molecule has 1 saturated carbocycles. The normalized spacial score (nSPS) is 18.6. The lowest BCUT2D eigenvalue weighted by Gasteiger charge is -2.38. The van der Waals surface area contributed by atoms with Gasteiger partial charge in [-0.05, 0) is 64.0 Å². The number of piperidine rings is 1. The Morgan fingerprint density at radius 3 is 2.25 bits per heavy atom. The second-order valence-corrected chi connectivity index (χ2v) is 11.6. The Morgan fingerprint density at radius 1 is 1.00 bits per heavy atom. The van der Waals surface area contributed by atoms with Crippen molar-refractivity contribution >= 4 is 39.7 Å². The zero-order valence-corrected chi connectivity index (χ0v) is 22.2. The summed E-state index contributed by atoms with van der Waals surface area (Å²) < 4.78 is 29.9. The molecular weight excluding hydrogens is 478 g/mol. The monoisotopic (exact) mass is 515 g/mol. The summed E-state index contributed by atoms with van der Waals surface area (Å²) >= 11 is -2.27. The molecule has 0 bridgehead atoms. The lowest BCUT2D eigenvalue weighted by Crippen LogP contribution is -2.48. The smallest absolute Gasteiger partial charge is 0.410 e. The number of rotatable bonds is 5. The minimum atomic E-state index is -2.27. The third kappa shape index (κ3) is 6.18. The number of carbonyl (C=O) groups is 2. The Kier molecular flexibility index (Phi) is 8.20. The van der Waals surface area contributed by atoms with E-state index in [1.165, 1.54) is 10.7 Å². The first kappa shape index (κ1) is 26.4. The molecule has 2 amide bonds. The van der Waals surface area contributed by atoms with Crippen molar-refractivity contribution in [2.24, 2.45) is 0 Å². The van der Waals surface area contributed by atoms with Crippen molar-refractivity contribution in [1.82, 2.24) is 10.2 Å². The van der Waals surface area contributed by atoms with Gasteiger partial charge in [-0.1, -0.05) is 43.5 Å². The Labute approximate surface area is 215 Å². The lowest BCUT2D eigenvalue weighted by atomic mass is 9.94. The van der Waals surface area contributed by atoms with Gasteiger partial charge in [-0.15, -0.1) is 0 Å². The van der Waals surface area contributed by atoms with Crippen LogP contribution in [0.1, 0.15) is 76.1 Å². The van der Waals surface area contributed by atoms with Gasteiger partial charge in [0.1, 0.15) is 5.60 Å². The average Bonchev–Trinajstić information content (AvgIpc) is 2.84. The van der Waals surface area contributed by atoms with Gasteiger partial charge >= 0.3 is 6.09 Å². The van der Waals surface area contributed by atoms with E-state index < -0.39 is 16.9 Å². The zero-order valence-electron chi connectivity index (χ0n) is 21.4. The topological polar surface area (TPSA) is 99.2 Å². The van der Waals surface area contributed by atoms with E-state index in [0.717, 1.165) is 36.5 Å². The van der Waals surface area contributed by atoms with Crippen molar-refractivity contribution in [1.29, 1.82) is 0 Å². The summed E-state index contributed by atoms with van der Waals surface area (Å²) in [6.45, 7) is 6.37. The van der Waals surface area contributed by atoms with E-state index >= 15 is 0 Å². The van der Waals surface area contributed by atoms with Crippen LogP contribution in [-0.2, 0) is 16.0 Å². The van der Waals surface area contributed by atoms with Crippen LogP contribution in [0.25, 0.3) is 10.8 Å². The van der Waals surface area contributed by atoms with Gasteiger partial charge in [0, 0.05) is 36.1 Å². The van der Waals surface area contributed by atoms with E-state index in [9.17, 15) is 18.4 Å². The largest absolute Gasteiger partial charge is 0.444 e. The standard InChI is InChI=1S/C27H37N3O5S/c1-27(2,3)35-26(32)29-17-15-20(16-18-29)30(36(33)34)24-14-13-23(21-11-7-8-12-22(21)24)25(31)28-19-9-5-4-6-10-19/h7-8,11-14,19-20H,4-6,9-10,15-18H2,1-3H3,(H,28,31)(H,33,34). The van der Waals surface area contributed by atoms with Crippen LogP contribution < -0.4 is 9.62 Å². The molecule has 0 aromatic heterocycles.